The summed E-state index contributed by atoms with van der Waals surface area (Å²) in [6.07, 6.45) is 0.488. The molecule has 1 spiro atoms. The molecule has 1 amide bonds. The highest BCUT2D eigenvalue weighted by Gasteiger charge is 2.71. The minimum atomic E-state index is -3.41. The van der Waals surface area contributed by atoms with Gasteiger partial charge in [-0.25, -0.2) is 0 Å². The number of phenolic OH excluding ortho intramolecular Hbond substituents is 2. The first kappa shape index (κ1) is 27.3. The zero-order valence-corrected chi connectivity index (χ0v) is 23.0. The molecular formula is C30H31NO10. The number of aromatic hydroxyl groups is 2. The van der Waals surface area contributed by atoms with Crippen LogP contribution in [0.15, 0.2) is 29.0 Å². The van der Waals surface area contributed by atoms with Crippen molar-refractivity contribution in [3.63, 3.8) is 0 Å². The number of primary amides is 1. The number of methoxy groups -OCH3 is 1. The van der Waals surface area contributed by atoms with E-state index in [1.165, 1.54) is 13.2 Å². The number of hydrogen-bond acceptors (Lipinski definition) is 10. The first-order chi connectivity index (χ1) is 19.0. The van der Waals surface area contributed by atoms with Crippen molar-refractivity contribution in [3.05, 3.63) is 51.3 Å². The van der Waals surface area contributed by atoms with Gasteiger partial charge in [-0.2, -0.15) is 0 Å². The SMILES string of the molecule is COc1cc(O)c2c(O)c3c(c4c2c1[C@]1(C4)C(C)=CCCC1(C)C)[C@@H](O)[C@]1(O)CC(=O)C(C(N)=O)=C(O)[C@]1(O)C3=O. The lowest BCUT2D eigenvalue weighted by atomic mass is 9.54. The Morgan fingerprint density at radius 1 is 1.10 bits per heavy atom. The van der Waals surface area contributed by atoms with Crippen LogP contribution in [0.5, 0.6) is 17.2 Å². The van der Waals surface area contributed by atoms with Gasteiger partial charge in [-0.15, -0.1) is 0 Å². The molecule has 4 atom stereocenters. The quantitative estimate of drug-likeness (QED) is 0.207. The van der Waals surface area contributed by atoms with Crippen LogP contribution in [0.2, 0.25) is 0 Å². The zero-order chi connectivity index (χ0) is 30.2. The number of carbonyl (C=O) groups excluding carboxylic acids is 3. The smallest absolute Gasteiger partial charge is 0.255 e. The molecule has 0 fully saturated rings. The molecule has 0 radical (unpaired) electrons. The standard InChI is InChI=1S/C30H31NO10/c1-11-6-5-7-27(2,3)28(11)9-12-16-18(13(32)8-15(41-4)21(16)28)22(34)20-17(12)23(35)29(39)10-14(33)19(26(31)38)24(36)30(29,40)25(20)37/h6,8,23,32,34-36,39-40H,5,7,9-10H2,1-4H3,(H2,31,38)/t23-,28+,29-,30+/m1/s1. The predicted molar refractivity (Wildman–Crippen MR) is 144 cm³/mol. The number of nitrogens with two attached hydrogens (primary N) is 1. The van der Waals surface area contributed by atoms with Crippen LogP contribution >= 0.6 is 0 Å². The average Bonchev–Trinajstić information content (AvgIpc) is 3.24. The maximum Gasteiger partial charge on any atom is 0.255 e. The molecule has 2 aromatic carbocycles. The first-order valence-corrected chi connectivity index (χ1v) is 13.3. The van der Waals surface area contributed by atoms with Crippen molar-refractivity contribution in [1.29, 1.82) is 0 Å². The number of allylic oxidation sites excluding steroid dienone is 2. The van der Waals surface area contributed by atoms with Gasteiger partial charge in [-0.3, -0.25) is 14.4 Å². The van der Waals surface area contributed by atoms with Gasteiger partial charge in [0.2, 0.25) is 11.4 Å². The molecule has 41 heavy (non-hydrogen) atoms. The fourth-order valence-electron chi connectivity index (χ4n) is 8.11. The number of carbonyl (C=O) groups is 3. The van der Waals surface area contributed by atoms with Gasteiger partial charge < -0.3 is 41.1 Å². The normalized spacial score (nSPS) is 31.8. The minimum Gasteiger partial charge on any atom is -0.508 e. The lowest BCUT2D eigenvalue weighted by Crippen LogP contribution is -2.69. The van der Waals surface area contributed by atoms with Gasteiger partial charge in [0, 0.05) is 34.4 Å². The lowest BCUT2D eigenvalue weighted by molar-refractivity contribution is -0.193. The third-order valence-corrected chi connectivity index (χ3v) is 10.2. The Balaban J connectivity index is 1.79. The monoisotopic (exact) mass is 565 g/mol. The molecule has 0 saturated carbocycles. The predicted octanol–water partition coefficient (Wildman–Crippen LogP) is 1.78. The van der Waals surface area contributed by atoms with E-state index in [1.807, 2.05) is 6.92 Å². The number of ether oxygens (including phenoxy) is 1. The molecule has 216 valence electrons. The van der Waals surface area contributed by atoms with Gasteiger partial charge in [0.05, 0.1) is 18.1 Å². The average molecular weight is 566 g/mol. The van der Waals surface area contributed by atoms with Crippen LogP contribution in [0.3, 0.4) is 0 Å². The van der Waals surface area contributed by atoms with Crippen LogP contribution in [0.1, 0.15) is 73.2 Å². The van der Waals surface area contributed by atoms with Gasteiger partial charge in [0.25, 0.3) is 5.91 Å². The highest BCUT2D eigenvalue weighted by Crippen LogP contribution is 2.66. The summed E-state index contributed by atoms with van der Waals surface area (Å²) in [5, 5.41) is 68.9. The summed E-state index contributed by atoms with van der Waals surface area (Å²) >= 11 is 0. The molecule has 0 bridgehead atoms. The highest BCUT2D eigenvalue weighted by molar-refractivity contribution is 6.24. The highest BCUT2D eigenvalue weighted by atomic mass is 16.5. The van der Waals surface area contributed by atoms with E-state index in [4.69, 9.17) is 10.5 Å². The van der Waals surface area contributed by atoms with E-state index in [9.17, 15) is 45.0 Å². The maximum absolute atomic E-state index is 14.1. The Bertz CT molecular complexity index is 1720. The number of ketones is 2. The third kappa shape index (κ3) is 2.76. The molecule has 0 aliphatic heterocycles. The third-order valence-electron chi connectivity index (χ3n) is 10.2. The van der Waals surface area contributed by atoms with Crippen molar-refractivity contribution in [2.24, 2.45) is 11.1 Å². The van der Waals surface area contributed by atoms with E-state index in [2.05, 4.69) is 19.9 Å². The molecule has 8 N–H and O–H groups in total. The van der Waals surface area contributed by atoms with E-state index in [-0.39, 0.29) is 17.4 Å². The van der Waals surface area contributed by atoms with Gasteiger partial charge >= 0.3 is 0 Å². The number of aliphatic hydroxyl groups is 4. The summed E-state index contributed by atoms with van der Waals surface area (Å²) in [7, 11) is 1.44. The molecule has 0 unspecified atom stereocenters. The van der Waals surface area contributed by atoms with Crippen LogP contribution in [-0.4, -0.2) is 66.4 Å². The van der Waals surface area contributed by atoms with Crippen molar-refractivity contribution in [1.82, 2.24) is 0 Å². The zero-order valence-electron chi connectivity index (χ0n) is 23.0. The summed E-state index contributed by atoms with van der Waals surface area (Å²) in [4.78, 5) is 38.9. The summed E-state index contributed by atoms with van der Waals surface area (Å²) in [5.41, 5.74) is -2.49. The Hall–Kier alpha value is -3.93. The second-order valence-corrected chi connectivity index (χ2v) is 12.3. The van der Waals surface area contributed by atoms with Crippen LogP contribution in [0.4, 0.5) is 0 Å². The second kappa shape index (κ2) is 7.87. The van der Waals surface area contributed by atoms with E-state index >= 15 is 0 Å². The molecule has 6 rings (SSSR count). The van der Waals surface area contributed by atoms with Gasteiger partial charge in [0.15, 0.2) is 11.5 Å². The Morgan fingerprint density at radius 2 is 1.76 bits per heavy atom. The molecule has 11 nitrogen and oxygen atoms in total. The van der Waals surface area contributed by atoms with E-state index in [0.29, 0.717) is 22.3 Å². The molecule has 0 aromatic heterocycles. The van der Waals surface area contributed by atoms with Crippen LogP contribution < -0.4 is 10.5 Å². The maximum atomic E-state index is 14.1. The number of rotatable bonds is 2. The second-order valence-electron chi connectivity index (χ2n) is 12.3. The number of fused-ring (bicyclic) bond motifs is 4. The van der Waals surface area contributed by atoms with E-state index in [1.54, 1.807) is 0 Å². The largest absolute Gasteiger partial charge is 0.508 e. The van der Waals surface area contributed by atoms with E-state index < -0.39 is 80.4 Å². The van der Waals surface area contributed by atoms with Crippen LogP contribution in [0.25, 0.3) is 10.8 Å². The number of aliphatic hydroxyl groups excluding tert-OH is 2. The fourth-order valence-corrected chi connectivity index (χ4v) is 8.11. The lowest BCUT2D eigenvalue weighted by Gasteiger charge is -2.51. The van der Waals surface area contributed by atoms with Crippen molar-refractivity contribution in [2.45, 2.75) is 69.2 Å². The molecule has 2 aromatic rings. The number of hydrogen-bond donors (Lipinski definition) is 7. The summed E-state index contributed by atoms with van der Waals surface area (Å²) in [6.45, 7) is 6.10. The summed E-state index contributed by atoms with van der Waals surface area (Å²) in [5.74, 6) is -6.54. The number of phenols is 2. The minimum absolute atomic E-state index is 0.138. The van der Waals surface area contributed by atoms with Gasteiger partial charge in [0.1, 0.15) is 34.5 Å². The van der Waals surface area contributed by atoms with Gasteiger partial charge in [-0.1, -0.05) is 25.5 Å². The van der Waals surface area contributed by atoms with Crippen molar-refractivity contribution in [2.75, 3.05) is 7.11 Å². The number of amides is 1. The molecule has 4 aliphatic carbocycles. The Labute approximate surface area is 234 Å². The molecular weight excluding hydrogens is 534 g/mol. The summed E-state index contributed by atoms with van der Waals surface area (Å²) in [6, 6.07) is 1.33. The Kier molecular flexibility index (Phi) is 5.23. The van der Waals surface area contributed by atoms with Gasteiger partial charge in [-0.05, 0) is 37.2 Å². The van der Waals surface area contributed by atoms with Crippen molar-refractivity contribution in [3.8, 4) is 17.2 Å². The number of Topliss-reactive ketones (excluding diaryl/α,β-unsaturated/α-hetero) is 2. The van der Waals surface area contributed by atoms with E-state index in [0.717, 1.165) is 18.4 Å². The van der Waals surface area contributed by atoms with Crippen molar-refractivity contribution < 1.29 is 49.8 Å². The molecule has 4 aliphatic rings. The van der Waals surface area contributed by atoms with Crippen LogP contribution in [0, 0.1) is 5.41 Å². The molecule has 11 heteroatoms. The fraction of sp³-hybridized carbons (Fsp3) is 0.433. The van der Waals surface area contributed by atoms with Crippen molar-refractivity contribution >= 4 is 28.2 Å². The first-order valence-electron chi connectivity index (χ1n) is 13.3. The molecule has 0 saturated heterocycles. The Morgan fingerprint density at radius 3 is 2.34 bits per heavy atom. The van der Waals surface area contributed by atoms with Crippen LogP contribution in [-0.2, 0) is 21.4 Å². The summed E-state index contributed by atoms with van der Waals surface area (Å²) < 4.78 is 5.73. The molecule has 0 heterocycles. The topological polar surface area (TPSA) is 208 Å². The number of benzene rings is 2.